The van der Waals surface area contributed by atoms with Gasteiger partial charge in [0.15, 0.2) is 0 Å². The Kier molecular flexibility index (Phi) is 4.36. The average molecular weight is 364 g/mol. The summed E-state index contributed by atoms with van der Waals surface area (Å²) in [5, 5.41) is 10.5. The van der Waals surface area contributed by atoms with E-state index in [4.69, 9.17) is 0 Å². The van der Waals surface area contributed by atoms with E-state index in [0.717, 1.165) is 49.5 Å². The normalized spacial score (nSPS) is 21.8. The minimum Gasteiger partial charge on any atom is -0.328 e. The first-order valence-corrected chi connectivity index (χ1v) is 10.1. The van der Waals surface area contributed by atoms with Crippen molar-refractivity contribution in [3.63, 3.8) is 0 Å². The number of nitrogens with one attached hydrogen (secondary N) is 1. The number of carbonyl (C=O) groups excluding carboxylic acids is 1. The average Bonchev–Trinajstić information content (AvgIpc) is 3.05. The lowest BCUT2D eigenvalue weighted by atomic mass is 9.93. The second kappa shape index (κ2) is 6.50. The van der Waals surface area contributed by atoms with Gasteiger partial charge in [-0.2, -0.15) is 0 Å². The molecule has 1 aliphatic carbocycles. The zero-order valence-corrected chi connectivity index (χ0v) is 15.3. The zero-order valence-electron chi connectivity index (χ0n) is 13.7. The first-order chi connectivity index (χ1) is 11.7. The SMILES string of the molecule is CCc1nnsc1C(=O)N(Cc1nccs1)C1CC12CCNCC2. The maximum Gasteiger partial charge on any atom is 0.268 e. The number of aryl methyl sites for hydroxylation is 1. The molecule has 1 N–H and O–H groups in total. The number of carbonyl (C=O) groups is 1. The largest absolute Gasteiger partial charge is 0.328 e. The maximum atomic E-state index is 13.2. The highest BCUT2D eigenvalue weighted by Gasteiger charge is 2.58. The molecule has 0 radical (unpaired) electrons. The standard InChI is InChI=1S/C16H21N5OS2/c1-2-11-14(24-20-19-11)15(22)21(10-13-18-7-8-23-13)12-9-16(12)3-5-17-6-4-16/h7-8,12,17H,2-6,9-10H2,1H3. The fourth-order valence-electron chi connectivity index (χ4n) is 3.76. The van der Waals surface area contributed by atoms with E-state index < -0.39 is 0 Å². The highest BCUT2D eigenvalue weighted by Crippen LogP contribution is 2.56. The molecule has 1 aliphatic heterocycles. The Hall–Kier alpha value is -1.38. The van der Waals surface area contributed by atoms with Gasteiger partial charge in [-0.1, -0.05) is 11.4 Å². The highest BCUT2D eigenvalue weighted by molar-refractivity contribution is 7.09. The molecule has 1 saturated heterocycles. The molecule has 0 aromatic carbocycles. The maximum absolute atomic E-state index is 13.2. The third kappa shape index (κ3) is 2.87. The molecule has 3 heterocycles. The molecule has 1 saturated carbocycles. The Morgan fingerprint density at radius 3 is 3.00 bits per heavy atom. The number of piperidine rings is 1. The molecule has 1 unspecified atom stereocenters. The van der Waals surface area contributed by atoms with Crippen molar-refractivity contribution >= 4 is 28.8 Å². The molecule has 128 valence electrons. The summed E-state index contributed by atoms with van der Waals surface area (Å²) in [5.41, 5.74) is 1.12. The molecule has 1 atom stereocenters. The molecule has 2 aromatic heterocycles. The van der Waals surface area contributed by atoms with Crippen LogP contribution in [0.5, 0.6) is 0 Å². The minimum atomic E-state index is 0.0810. The summed E-state index contributed by atoms with van der Waals surface area (Å²) < 4.78 is 4.00. The quantitative estimate of drug-likeness (QED) is 0.883. The number of hydrogen-bond acceptors (Lipinski definition) is 7. The Labute approximate surface area is 149 Å². The van der Waals surface area contributed by atoms with Gasteiger partial charge in [-0.3, -0.25) is 4.79 Å². The van der Waals surface area contributed by atoms with Crippen molar-refractivity contribution in [3.05, 3.63) is 27.2 Å². The van der Waals surface area contributed by atoms with E-state index in [1.807, 2.05) is 23.4 Å². The van der Waals surface area contributed by atoms with E-state index in [0.29, 0.717) is 22.9 Å². The Morgan fingerprint density at radius 1 is 1.46 bits per heavy atom. The van der Waals surface area contributed by atoms with Crippen LogP contribution in [-0.2, 0) is 13.0 Å². The Morgan fingerprint density at radius 2 is 2.29 bits per heavy atom. The third-order valence-corrected chi connectivity index (χ3v) is 6.78. The zero-order chi connectivity index (χ0) is 16.6. The van der Waals surface area contributed by atoms with Crippen LogP contribution in [-0.4, -0.2) is 44.5 Å². The minimum absolute atomic E-state index is 0.0810. The first-order valence-electron chi connectivity index (χ1n) is 8.45. The van der Waals surface area contributed by atoms with E-state index in [1.54, 1.807) is 11.3 Å². The van der Waals surface area contributed by atoms with Crippen LogP contribution in [0.15, 0.2) is 11.6 Å². The molecule has 0 bridgehead atoms. The van der Waals surface area contributed by atoms with Crippen LogP contribution in [0.2, 0.25) is 0 Å². The summed E-state index contributed by atoms with van der Waals surface area (Å²) in [6.07, 6.45) is 5.96. The van der Waals surface area contributed by atoms with Crippen molar-refractivity contribution in [3.8, 4) is 0 Å². The summed E-state index contributed by atoms with van der Waals surface area (Å²) >= 11 is 2.83. The third-order valence-electron chi connectivity index (χ3n) is 5.26. The van der Waals surface area contributed by atoms with Crippen molar-refractivity contribution in [1.29, 1.82) is 0 Å². The van der Waals surface area contributed by atoms with Gasteiger partial charge >= 0.3 is 0 Å². The molecular weight excluding hydrogens is 342 g/mol. The van der Waals surface area contributed by atoms with Gasteiger partial charge in [-0.25, -0.2) is 4.98 Å². The van der Waals surface area contributed by atoms with Gasteiger partial charge < -0.3 is 10.2 Å². The van der Waals surface area contributed by atoms with E-state index in [9.17, 15) is 4.79 Å². The van der Waals surface area contributed by atoms with Crippen molar-refractivity contribution in [2.24, 2.45) is 5.41 Å². The second-order valence-corrected chi connectivity index (χ2v) is 8.33. The number of hydrogen-bond donors (Lipinski definition) is 1. The monoisotopic (exact) mass is 363 g/mol. The number of amides is 1. The molecule has 2 aliphatic rings. The van der Waals surface area contributed by atoms with Gasteiger partial charge in [0, 0.05) is 17.6 Å². The number of thiazole rings is 1. The number of rotatable bonds is 5. The lowest BCUT2D eigenvalue weighted by Gasteiger charge is -2.29. The highest BCUT2D eigenvalue weighted by atomic mass is 32.1. The smallest absolute Gasteiger partial charge is 0.268 e. The van der Waals surface area contributed by atoms with Gasteiger partial charge in [-0.05, 0) is 55.7 Å². The van der Waals surface area contributed by atoms with Crippen LogP contribution in [0.25, 0.3) is 0 Å². The predicted octanol–water partition coefficient (Wildman–Crippen LogP) is 2.34. The van der Waals surface area contributed by atoms with E-state index in [2.05, 4.69) is 19.9 Å². The van der Waals surface area contributed by atoms with E-state index in [-0.39, 0.29) is 5.91 Å². The van der Waals surface area contributed by atoms with Crippen molar-refractivity contribution in [1.82, 2.24) is 24.8 Å². The second-order valence-electron chi connectivity index (χ2n) is 6.59. The van der Waals surface area contributed by atoms with Gasteiger partial charge in [0.05, 0.1) is 12.2 Å². The predicted molar refractivity (Wildman–Crippen MR) is 94.2 cm³/mol. The number of nitrogens with zero attached hydrogens (tertiary/aromatic N) is 4. The lowest BCUT2D eigenvalue weighted by molar-refractivity contribution is 0.0695. The van der Waals surface area contributed by atoms with Crippen molar-refractivity contribution < 1.29 is 4.79 Å². The van der Waals surface area contributed by atoms with Crippen LogP contribution in [0.3, 0.4) is 0 Å². The van der Waals surface area contributed by atoms with Crippen LogP contribution < -0.4 is 5.32 Å². The molecule has 1 spiro atoms. The van der Waals surface area contributed by atoms with Gasteiger partial charge in [-0.15, -0.1) is 16.4 Å². The van der Waals surface area contributed by atoms with Crippen LogP contribution in [0.4, 0.5) is 0 Å². The van der Waals surface area contributed by atoms with E-state index >= 15 is 0 Å². The molecule has 24 heavy (non-hydrogen) atoms. The fourth-order valence-corrected chi connectivity index (χ4v) is 5.08. The number of aromatic nitrogens is 3. The summed E-state index contributed by atoms with van der Waals surface area (Å²) in [5.74, 6) is 0.0810. The molecule has 6 nitrogen and oxygen atoms in total. The molecule has 8 heteroatoms. The van der Waals surface area contributed by atoms with Crippen LogP contribution in [0.1, 0.15) is 46.6 Å². The lowest BCUT2D eigenvalue weighted by Crippen LogP contribution is -2.39. The Balaban J connectivity index is 1.60. The molecular formula is C16H21N5OS2. The van der Waals surface area contributed by atoms with Gasteiger partial charge in [0.1, 0.15) is 9.88 Å². The molecule has 2 fully saturated rings. The van der Waals surface area contributed by atoms with Crippen molar-refractivity contribution in [2.45, 2.75) is 45.2 Å². The van der Waals surface area contributed by atoms with Crippen LogP contribution in [0, 0.1) is 5.41 Å². The van der Waals surface area contributed by atoms with Gasteiger partial charge in [0.2, 0.25) is 0 Å². The first kappa shape index (κ1) is 16.1. The summed E-state index contributed by atoms with van der Waals surface area (Å²) in [7, 11) is 0. The van der Waals surface area contributed by atoms with E-state index in [1.165, 1.54) is 11.5 Å². The summed E-state index contributed by atoms with van der Waals surface area (Å²) in [6, 6.07) is 0.322. The van der Waals surface area contributed by atoms with Crippen LogP contribution >= 0.6 is 22.9 Å². The van der Waals surface area contributed by atoms with Crippen molar-refractivity contribution in [2.75, 3.05) is 13.1 Å². The Bertz CT molecular complexity index is 708. The molecule has 1 amide bonds. The molecule has 4 rings (SSSR count). The summed E-state index contributed by atoms with van der Waals surface area (Å²) in [6.45, 7) is 4.72. The topological polar surface area (TPSA) is 71.0 Å². The fraction of sp³-hybridized carbons (Fsp3) is 0.625. The van der Waals surface area contributed by atoms with Gasteiger partial charge in [0.25, 0.3) is 5.91 Å². The summed E-state index contributed by atoms with van der Waals surface area (Å²) in [4.78, 5) is 20.4. The molecule has 2 aromatic rings.